The van der Waals surface area contributed by atoms with Gasteiger partial charge in [0.05, 0.1) is 10.9 Å². The van der Waals surface area contributed by atoms with Gasteiger partial charge in [-0.1, -0.05) is 13.8 Å². The third-order valence-electron chi connectivity index (χ3n) is 5.22. The number of aromatic nitrogens is 4. The Balaban J connectivity index is 2.24. The van der Waals surface area contributed by atoms with E-state index in [0.29, 0.717) is 23.9 Å². The molecule has 0 fully saturated rings. The molecule has 2 N–H and O–H groups in total. The van der Waals surface area contributed by atoms with Crippen molar-refractivity contribution in [3.8, 4) is 0 Å². The second kappa shape index (κ2) is 9.37. The highest BCUT2D eigenvalue weighted by atomic mass is 16.2. The molecule has 1 aromatic carbocycles. The average Bonchev–Trinajstić information content (AvgIpc) is 3.05. The van der Waals surface area contributed by atoms with Crippen LogP contribution in [-0.4, -0.2) is 42.6 Å². The van der Waals surface area contributed by atoms with Gasteiger partial charge in [-0.25, -0.2) is 13.9 Å². The summed E-state index contributed by atoms with van der Waals surface area (Å²) in [6.07, 6.45) is 1.43. The fourth-order valence-electron chi connectivity index (χ4n) is 3.50. The summed E-state index contributed by atoms with van der Waals surface area (Å²) in [5, 5.41) is 10.2. The van der Waals surface area contributed by atoms with Gasteiger partial charge in [-0.3, -0.25) is 19.0 Å². The number of aryl methyl sites for hydroxylation is 1. The van der Waals surface area contributed by atoms with Crippen LogP contribution < -0.4 is 21.9 Å². The normalized spacial score (nSPS) is 12.4. The Kier molecular flexibility index (Phi) is 6.81. The smallest absolute Gasteiger partial charge is 0.352 e. The van der Waals surface area contributed by atoms with Crippen LogP contribution in [0.25, 0.3) is 16.7 Å². The largest absolute Gasteiger partial charge is 0.352 e. The Bertz CT molecular complexity index is 1280. The number of rotatable bonds is 8. The number of nitrogens with zero attached hydrogens (tertiary/aromatic N) is 4. The maximum Gasteiger partial charge on any atom is 0.352 e. The summed E-state index contributed by atoms with van der Waals surface area (Å²) < 4.78 is 3.78. The molecule has 10 nitrogen and oxygen atoms in total. The molecule has 32 heavy (non-hydrogen) atoms. The van der Waals surface area contributed by atoms with Crippen LogP contribution in [0.3, 0.4) is 0 Å². The van der Waals surface area contributed by atoms with Crippen LogP contribution in [0.5, 0.6) is 0 Å². The number of fused-ring (bicyclic) bond motifs is 3. The highest BCUT2D eigenvalue weighted by Crippen LogP contribution is 2.15. The molecule has 0 saturated carbocycles. The highest BCUT2D eigenvalue weighted by molar-refractivity contribution is 5.98. The van der Waals surface area contributed by atoms with Gasteiger partial charge < -0.3 is 10.6 Å². The van der Waals surface area contributed by atoms with E-state index in [-0.39, 0.29) is 47.3 Å². The minimum atomic E-state index is -0.548. The molecule has 10 heteroatoms. The molecule has 0 aliphatic heterocycles. The first kappa shape index (κ1) is 23.2. The van der Waals surface area contributed by atoms with Crippen LogP contribution in [-0.2, 0) is 17.9 Å². The molecule has 3 aromatic rings. The third-order valence-corrected chi connectivity index (χ3v) is 5.22. The highest BCUT2D eigenvalue weighted by Gasteiger charge is 2.20. The molecule has 0 spiro atoms. The van der Waals surface area contributed by atoms with Crippen molar-refractivity contribution in [1.29, 1.82) is 0 Å². The van der Waals surface area contributed by atoms with Gasteiger partial charge in [-0.2, -0.15) is 0 Å². The lowest BCUT2D eigenvalue weighted by Gasteiger charge is -2.13. The molecule has 0 aliphatic carbocycles. The Labute approximate surface area is 185 Å². The molecule has 0 aliphatic rings. The number of carbonyl (C=O) groups is 2. The van der Waals surface area contributed by atoms with E-state index in [1.165, 1.54) is 15.0 Å². The zero-order valence-corrected chi connectivity index (χ0v) is 19.1. The SMILES string of the molecule is CCCn1c(=O)c2ccc(C(=O)NC(C)CC)cc2n2c(=O)n(CC(=O)NC(C)C)nc12. The zero-order chi connectivity index (χ0) is 23.6. The monoisotopic (exact) mass is 442 g/mol. The van der Waals surface area contributed by atoms with Crippen LogP contribution in [0.2, 0.25) is 0 Å². The quantitative estimate of drug-likeness (QED) is 0.545. The van der Waals surface area contributed by atoms with Crippen molar-refractivity contribution in [2.24, 2.45) is 0 Å². The lowest BCUT2D eigenvalue weighted by atomic mass is 10.1. The molecule has 1 unspecified atom stereocenters. The Morgan fingerprint density at radius 3 is 2.44 bits per heavy atom. The van der Waals surface area contributed by atoms with Crippen molar-refractivity contribution in [3.05, 3.63) is 44.6 Å². The van der Waals surface area contributed by atoms with E-state index in [1.54, 1.807) is 12.1 Å². The second-order valence-electron chi connectivity index (χ2n) is 8.27. The number of hydrogen-bond donors (Lipinski definition) is 2. The maximum atomic E-state index is 13.2. The van der Waals surface area contributed by atoms with Crippen molar-refractivity contribution in [2.45, 2.75) is 72.6 Å². The molecule has 1 atom stereocenters. The molecule has 2 aromatic heterocycles. The minimum Gasteiger partial charge on any atom is -0.352 e. The van der Waals surface area contributed by atoms with E-state index in [9.17, 15) is 19.2 Å². The van der Waals surface area contributed by atoms with Crippen molar-refractivity contribution in [3.63, 3.8) is 0 Å². The summed E-state index contributed by atoms with van der Waals surface area (Å²) in [4.78, 5) is 51.2. The predicted octanol–water partition coefficient (Wildman–Crippen LogP) is 1.27. The lowest BCUT2D eigenvalue weighted by molar-refractivity contribution is -0.122. The molecule has 0 radical (unpaired) electrons. The third kappa shape index (κ3) is 4.44. The van der Waals surface area contributed by atoms with Crippen molar-refractivity contribution >= 4 is 28.5 Å². The Morgan fingerprint density at radius 1 is 1.09 bits per heavy atom. The Morgan fingerprint density at radius 2 is 1.81 bits per heavy atom. The van der Waals surface area contributed by atoms with Crippen LogP contribution in [0.15, 0.2) is 27.8 Å². The summed E-state index contributed by atoms with van der Waals surface area (Å²) in [6.45, 7) is 9.52. The Hall–Kier alpha value is -3.43. The fraction of sp³-hybridized carbons (Fsp3) is 0.500. The van der Waals surface area contributed by atoms with Crippen molar-refractivity contribution in [2.75, 3.05) is 0 Å². The van der Waals surface area contributed by atoms with Crippen LogP contribution in [0.1, 0.15) is 57.8 Å². The molecule has 0 bridgehead atoms. The minimum absolute atomic E-state index is 0.0132. The maximum absolute atomic E-state index is 13.2. The van der Waals surface area contributed by atoms with Crippen LogP contribution in [0, 0.1) is 0 Å². The van der Waals surface area contributed by atoms with E-state index in [1.807, 2.05) is 34.6 Å². The van der Waals surface area contributed by atoms with Gasteiger partial charge >= 0.3 is 5.69 Å². The van der Waals surface area contributed by atoms with Gasteiger partial charge in [0.2, 0.25) is 11.7 Å². The number of carbonyl (C=O) groups excluding carboxylic acids is 2. The summed E-state index contributed by atoms with van der Waals surface area (Å²) >= 11 is 0. The topological polar surface area (TPSA) is 120 Å². The predicted molar refractivity (Wildman–Crippen MR) is 122 cm³/mol. The van der Waals surface area contributed by atoms with E-state index >= 15 is 0 Å². The number of benzene rings is 1. The molecule has 172 valence electrons. The molecular formula is C22H30N6O4. The van der Waals surface area contributed by atoms with Crippen LogP contribution in [0.4, 0.5) is 0 Å². The van der Waals surface area contributed by atoms with E-state index < -0.39 is 5.69 Å². The van der Waals surface area contributed by atoms with Crippen molar-refractivity contribution in [1.82, 2.24) is 29.4 Å². The van der Waals surface area contributed by atoms with Crippen molar-refractivity contribution < 1.29 is 9.59 Å². The van der Waals surface area contributed by atoms with E-state index in [0.717, 1.165) is 11.1 Å². The summed E-state index contributed by atoms with van der Waals surface area (Å²) in [6, 6.07) is 4.57. The van der Waals surface area contributed by atoms with Gasteiger partial charge in [0.15, 0.2) is 0 Å². The molecule has 0 saturated heterocycles. The average molecular weight is 443 g/mol. The molecule has 2 heterocycles. The van der Waals surface area contributed by atoms with Crippen LogP contribution >= 0.6 is 0 Å². The number of amides is 2. The van der Waals surface area contributed by atoms with Gasteiger partial charge in [0, 0.05) is 24.2 Å². The molecular weight excluding hydrogens is 412 g/mol. The fourth-order valence-corrected chi connectivity index (χ4v) is 3.50. The summed E-state index contributed by atoms with van der Waals surface area (Å²) in [5.74, 6) is -0.497. The van der Waals surface area contributed by atoms with E-state index in [4.69, 9.17) is 0 Å². The van der Waals surface area contributed by atoms with Gasteiger partial charge in [0.1, 0.15) is 6.54 Å². The molecule has 3 rings (SSSR count). The first-order valence-electron chi connectivity index (χ1n) is 10.9. The van der Waals surface area contributed by atoms with Gasteiger partial charge in [0.25, 0.3) is 11.5 Å². The molecule has 2 amide bonds. The zero-order valence-electron chi connectivity index (χ0n) is 19.1. The standard InChI is InChI=1S/C22H30N6O4/c1-6-10-26-20(31)16-9-8-15(19(30)24-14(5)7-2)11-17(16)28-21(26)25-27(22(28)32)12-18(29)23-13(3)4/h8-9,11,13-14H,6-7,10,12H2,1-5H3,(H,23,29)(H,24,30). The van der Waals surface area contributed by atoms with Gasteiger partial charge in [-0.15, -0.1) is 5.10 Å². The summed E-state index contributed by atoms with van der Waals surface area (Å²) in [5.41, 5.74) is -0.223. The lowest BCUT2D eigenvalue weighted by Crippen LogP contribution is -2.36. The van der Waals surface area contributed by atoms with Gasteiger partial charge in [-0.05, 0) is 51.8 Å². The number of nitrogens with one attached hydrogen (secondary N) is 2. The first-order chi connectivity index (χ1) is 15.2. The second-order valence-corrected chi connectivity index (χ2v) is 8.27. The first-order valence-corrected chi connectivity index (χ1v) is 10.9. The summed E-state index contributed by atoms with van der Waals surface area (Å²) in [7, 11) is 0. The van der Waals surface area contributed by atoms with E-state index in [2.05, 4.69) is 15.7 Å². The number of hydrogen-bond acceptors (Lipinski definition) is 5.